The number of aliphatic hydroxyl groups is 1. The van der Waals surface area contributed by atoms with Crippen LogP contribution in [0.1, 0.15) is 67.2 Å². The third kappa shape index (κ3) is 3.37. The molecule has 1 aliphatic heterocycles. The molecule has 2 saturated carbocycles. The molecule has 6 heteroatoms. The lowest BCUT2D eigenvalue weighted by molar-refractivity contribution is -0.0226. The molecule has 1 N–H and O–H groups in total. The summed E-state index contributed by atoms with van der Waals surface area (Å²) in [6.45, 7) is 2.74. The van der Waals surface area contributed by atoms with Gasteiger partial charge in [0.15, 0.2) is 0 Å². The van der Waals surface area contributed by atoms with Crippen LogP contribution in [0.15, 0.2) is 42.5 Å². The van der Waals surface area contributed by atoms with E-state index in [4.69, 9.17) is 13.6 Å². The van der Waals surface area contributed by atoms with E-state index in [0.717, 1.165) is 49.7 Å². The maximum atomic E-state index is 13.2. The van der Waals surface area contributed by atoms with Gasteiger partial charge < -0.3 is 9.63 Å². The summed E-state index contributed by atoms with van der Waals surface area (Å²) in [5.41, 5.74) is 4.74. The maximum absolute atomic E-state index is 13.2. The smallest absolute Gasteiger partial charge is 0.404 e. The molecule has 5 atom stereocenters. The number of hydrogen-bond donors (Lipinski definition) is 1. The van der Waals surface area contributed by atoms with E-state index in [1.807, 2.05) is 36.4 Å². The predicted molar refractivity (Wildman–Crippen MR) is 121 cm³/mol. The third-order valence-corrected chi connectivity index (χ3v) is 10.1. The van der Waals surface area contributed by atoms with E-state index in [2.05, 4.69) is 13.0 Å². The zero-order valence-electron chi connectivity index (χ0n) is 18.5. The van der Waals surface area contributed by atoms with Crippen molar-refractivity contribution < 1.29 is 23.2 Å². The Morgan fingerprint density at radius 3 is 2.50 bits per heavy atom. The first kappa shape index (κ1) is 20.9. The molecule has 6 rings (SSSR count). The highest BCUT2D eigenvalue weighted by molar-refractivity contribution is 7.48. The van der Waals surface area contributed by atoms with Crippen molar-refractivity contribution in [1.29, 1.82) is 0 Å². The second-order valence-corrected chi connectivity index (χ2v) is 11.9. The molecule has 1 heterocycles. The molecule has 0 radical (unpaired) electrons. The van der Waals surface area contributed by atoms with Crippen LogP contribution in [-0.4, -0.2) is 11.2 Å². The van der Waals surface area contributed by atoms with Crippen LogP contribution < -0.4 is 4.52 Å². The lowest BCUT2D eigenvalue weighted by Gasteiger charge is -2.50. The lowest BCUT2D eigenvalue weighted by Crippen LogP contribution is -2.43. The molecule has 2 fully saturated rings. The summed E-state index contributed by atoms with van der Waals surface area (Å²) in [6.07, 6.45) is 6.31. The number of aryl methyl sites for hydroxylation is 1. The number of benzene rings is 2. The van der Waals surface area contributed by atoms with Gasteiger partial charge in [0.1, 0.15) is 5.75 Å². The van der Waals surface area contributed by atoms with E-state index < -0.39 is 7.82 Å². The Labute approximate surface area is 189 Å². The van der Waals surface area contributed by atoms with Crippen molar-refractivity contribution in [1.82, 2.24) is 0 Å². The van der Waals surface area contributed by atoms with E-state index >= 15 is 0 Å². The van der Waals surface area contributed by atoms with Gasteiger partial charge in [-0.3, -0.25) is 9.05 Å². The Hall–Kier alpha value is -1.65. The second-order valence-electron chi connectivity index (χ2n) is 10.3. The van der Waals surface area contributed by atoms with Gasteiger partial charge in [-0.2, -0.15) is 0 Å². The fourth-order valence-corrected chi connectivity index (χ4v) is 8.09. The van der Waals surface area contributed by atoms with E-state index in [0.29, 0.717) is 23.5 Å². The fraction of sp³-hybridized carbons (Fsp3) is 0.538. The van der Waals surface area contributed by atoms with Crippen molar-refractivity contribution in [2.45, 2.75) is 70.7 Å². The van der Waals surface area contributed by atoms with Crippen LogP contribution in [0.25, 0.3) is 0 Å². The van der Waals surface area contributed by atoms with Crippen molar-refractivity contribution in [2.75, 3.05) is 0 Å². The minimum atomic E-state index is -3.68. The third-order valence-electron chi connectivity index (χ3n) is 8.74. The van der Waals surface area contributed by atoms with Gasteiger partial charge in [-0.15, -0.1) is 0 Å². The summed E-state index contributed by atoms with van der Waals surface area (Å²) in [4.78, 5) is 0. The van der Waals surface area contributed by atoms with Crippen LogP contribution >= 0.6 is 7.82 Å². The summed E-state index contributed by atoms with van der Waals surface area (Å²) >= 11 is 0. The van der Waals surface area contributed by atoms with Gasteiger partial charge in [0.2, 0.25) is 0 Å². The molecule has 0 spiro atoms. The summed E-state index contributed by atoms with van der Waals surface area (Å²) < 4.78 is 30.2. The molecule has 0 unspecified atom stereocenters. The van der Waals surface area contributed by atoms with E-state index in [1.165, 1.54) is 11.1 Å². The molecular weight excluding hydrogens is 423 g/mol. The first-order chi connectivity index (χ1) is 15.5. The van der Waals surface area contributed by atoms with Crippen LogP contribution in [0.5, 0.6) is 5.75 Å². The maximum Gasteiger partial charge on any atom is 0.530 e. The topological polar surface area (TPSA) is 65.0 Å². The number of hydrogen-bond acceptors (Lipinski definition) is 5. The van der Waals surface area contributed by atoms with E-state index in [1.54, 1.807) is 0 Å². The van der Waals surface area contributed by atoms with Crippen LogP contribution in [0, 0.1) is 17.3 Å². The van der Waals surface area contributed by atoms with Crippen LogP contribution in [0.4, 0.5) is 0 Å². The summed E-state index contributed by atoms with van der Waals surface area (Å²) in [7, 11) is -3.68. The summed E-state index contributed by atoms with van der Waals surface area (Å²) in [5, 5.41) is 10.6. The Bertz CT molecular complexity index is 1050. The zero-order valence-corrected chi connectivity index (χ0v) is 19.4. The molecule has 0 amide bonds. The summed E-state index contributed by atoms with van der Waals surface area (Å²) in [5.74, 6) is 2.36. The Balaban J connectivity index is 1.21. The van der Waals surface area contributed by atoms with Gasteiger partial charge in [-0.05, 0) is 96.1 Å². The minimum Gasteiger partial charge on any atom is -0.404 e. The predicted octanol–water partition coefficient (Wildman–Crippen LogP) is 6.14. The molecule has 0 saturated heterocycles. The number of aliphatic hydroxyl groups excluding tert-OH is 1. The molecule has 5 nitrogen and oxygen atoms in total. The van der Waals surface area contributed by atoms with Gasteiger partial charge in [0.05, 0.1) is 19.3 Å². The standard InChI is InChI=1S/C26H31O5P/c1-26-13-12-22-21-9-7-20(14-17(21)6-8-23(22)24(26)10-11-25(26)27)31-32(28)29-15-18-4-2-3-5-19(18)16-30-32/h2-5,7,9,14,22-25,27H,6,8,10-13,15-16H2,1H3/t22-,23-,24+,25+,26+/m1/s1. The molecular formula is C26H31O5P. The Morgan fingerprint density at radius 2 is 1.75 bits per heavy atom. The number of phosphoric ester groups is 1. The van der Waals surface area contributed by atoms with Gasteiger partial charge in [-0.25, -0.2) is 4.57 Å². The van der Waals surface area contributed by atoms with Gasteiger partial charge >= 0.3 is 7.82 Å². The molecule has 0 bridgehead atoms. The van der Waals surface area contributed by atoms with Crippen molar-refractivity contribution in [3.05, 3.63) is 64.7 Å². The molecule has 32 heavy (non-hydrogen) atoms. The molecule has 0 aromatic heterocycles. The fourth-order valence-electron chi connectivity index (χ4n) is 6.94. The Kier molecular flexibility index (Phi) is 5.03. The van der Waals surface area contributed by atoms with Gasteiger partial charge in [0, 0.05) is 0 Å². The number of phosphoric acid groups is 1. The number of rotatable bonds is 2. The van der Waals surface area contributed by atoms with Gasteiger partial charge in [0.25, 0.3) is 0 Å². The first-order valence-corrected chi connectivity index (χ1v) is 13.4. The first-order valence-electron chi connectivity index (χ1n) is 11.9. The average molecular weight is 455 g/mol. The van der Waals surface area contributed by atoms with Crippen LogP contribution in [0.2, 0.25) is 0 Å². The SMILES string of the molecule is C[C@]12CC[C@@H]3c4ccc(OP5(=O)OCc6ccccc6CO5)cc4CC[C@H]3[C@@H]1CC[C@@H]2O. The van der Waals surface area contributed by atoms with Crippen LogP contribution in [-0.2, 0) is 33.2 Å². The highest BCUT2D eigenvalue weighted by Gasteiger charge is 2.54. The molecule has 170 valence electrons. The highest BCUT2D eigenvalue weighted by atomic mass is 31.2. The molecule has 2 aromatic carbocycles. The van der Waals surface area contributed by atoms with Crippen LogP contribution in [0.3, 0.4) is 0 Å². The number of fused-ring (bicyclic) bond motifs is 6. The normalized spacial score (nSPS) is 35.1. The summed E-state index contributed by atoms with van der Waals surface area (Å²) in [6, 6.07) is 13.9. The largest absolute Gasteiger partial charge is 0.530 e. The van der Waals surface area contributed by atoms with E-state index in [-0.39, 0.29) is 24.7 Å². The van der Waals surface area contributed by atoms with E-state index in [9.17, 15) is 9.67 Å². The minimum absolute atomic E-state index is 0.0902. The highest BCUT2D eigenvalue weighted by Crippen LogP contribution is 2.61. The van der Waals surface area contributed by atoms with Gasteiger partial charge in [-0.1, -0.05) is 37.3 Å². The monoisotopic (exact) mass is 454 g/mol. The molecule has 2 aromatic rings. The molecule has 3 aliphatic carbocycles. The van der Waals surface area contributed by atoms with Crippen molar-refractivity contribution in [2.24, 2.45) is 17.3 Å². The second kappa shape index (κ2) is 7.70. The molecule has 4 aliphatic rings. The lowest BCUT2D eigenvalue weighted by atomic mass is 9.55. The Morgan fingerprint density at radius 1 is 1.00 bits per heavy atom. The van der Waals surface area contributed by atoms with Crippen molar-refractivity contribution in [3.63, 3.8) is 0 Å². The van der Waals surface area contributed by atoms with Crippen molar-refractivity contribution >= 4 is 7.82 Å². The van der Waals surface area contributed by atoms with Crippen molar-refractivity contribution in [3.8, 4) is 5.75 Å². The average Bonchev–Trinajstić information content (AvgIpc) is 3.00. The quantitative estimate of drug-likeness (QED) is 0.553. The zero-order chi connectivity index (χ0) is 21.9.